The minimum atomic E-state index is -1.64. The Labute approximate surface area is 127 Å². The van der Waals surface area contributed by atoms with E-state index < -0.39 is 23.6 Å². The molecule has 2 unspecified atom stereocenters. The second-order valence-corrected chi connectivity index (χ2v) is 5.13. The van der Waals surface area contributed by atoms with Gasteiger partial charge < -0.3 is 10.2 Å². The number of carbonyl (C=O) groups is 2. The maximum absolute atomic E-state index is 11.8. The number of nitrogens with one attached hydrogen (secondary N) is 1. The summed E-state index contributed by atoms with van der Waals surface area (Å²) in [5.41, 5.74) is 2.26. The van der Waals surface area contributed by atoms with Crippen LogP contribution in [0.4, 0.5) is 4.79 Å². The first kappa shape index (κ1) is 16.0. The largest absolute Gasteiger partial charge is 0.479 e. The van der Waals surface area contributed by atoms with E-state index in [4.69, 9.17) is 4.84 Å². The van der Waals surface area contributed by atoms with Crippen molar-refractivity contribution in [1.82, 2.24) is 10.4 Å². The molecule has 0 spiro atoms. The Morgan fingerprint density at radius 3 is 2.77 bits per heavy atom. The van der Waals surface area contributed by atoms with Gasteiger partial charge in [0.05, 0.1) is 12.6 Å². The summed E-state index contributed by atoms with van der Waals surface area (Å²) in [6.07, 6.45) is 0.257. The third-order valence-electron chi connectivity index (χ3n) is 3.84. The summed E-state index contributed by atoms with van der Waals surface area (Å²) in [6.45, 7) is 5.14. The van der Waals surface area contributed by atoms with Crippen molar-refractivity contribution < 1.29 is 24.6 Å². The molecule has 7 nitrogen and oxygen atoms in total. The lowest BCUT2D eigenvalue weighted by atomic mass is 9.80. The van der Waals surface area contributed by atoms with Crippen LogP contribution in [0.15, 0.2) is 36.9 Å². The van der Waals surface area contributed by atoms with E-state index >= 15 is 0 Å². The summed E-state index contributed by atoms with van der Waals surface area (Å²) < 4.78 is 0. The van der Waals surface area contributed by atoms with Gasteiger partial charge in [0.25, 0.3) is 0 Å². The summed E-state index contributed by atoms with van der Waals surface area (Å²) in [6, 6.07) is 6.40. The van der Waals surface area contributed by atoms with E-state index in [2.05, 4.69) is 12.1 Å². The molecule has 0 bridgehead atoms. The van der Waals surface area contributed by atoms with Crippen LogP contribution in [0.1, 0.15) is 24.1 Å². The van der Waals surface area contributed by atoms with Crippen molar-refractivity contribution in [2.45, 2.75) is 18.5 Å². The second kappa shape index (κ2) is 6.17. The molecule has 0 saturated carbocycles. The standard InChI is InChI=1S/C15H18N2O5/c1-3-8-22-16-12-9-17(14(20)21)15(2,13(18)19)11-7-5-4-6-10(11)12/h3-7,12,16H,1,8-9H2,2H3,(H,18,19)(H,20,21). The summed E-state index contributed by atoms with van der Waals surface area (Å²) in [4.78, 5) is 29.4. The average molecular weight is 306 g/mol. The highest BCUT2D eigenvalue weighted by molar-refractivity contribution is 5.86. The molecule has 2 rings (SSSR count). The zero-order chi connectivity index (χ0) is 16.3. The summed E-state index contributed by atoms with van der Waals surface area (Å²) >= 11 is 0. The van der Waals surface area contributed by atoms with Crippen LogP contribution < -0.4 is 5.48 Å². The van der Waals surface area contributed by atoms with E-state index in [1.54, 1.807) is 30.3 Å². The Kier molecular flexibility index (Phi) is 4.48. The minimum absolute atomic E-state index is 0.0354. The van der Waals surface area contributed by atoms with Crippen LogP contribution in [0, 0.1) is 0 Å². The van der Waals surface area contributed by atoms with Crippen LogP contribution >= 0.6 is 0 Å². The molecule has 7 heteroatoms. The molecule has 2 atom stereocenters. The van der Waals surface area contributed by atoms with Crippen molar-refractivity contribution in [2.24, 2.45) is 0 Å². The van der Waals surface area contributed by atoms with Gasteiger partial charge in [0, 0.05) is 6.54 Å². The van der Waals surface area contributed by atoms with Gasteiger partial charge >= 0.3 is 12.1 Å². The van der Waals surface area contributed by atoms with Gasteiger partial charge in [-0.05, 0) is 18.1 Å². The number of amides is 1. The Balaban J connectivity index is 2.48. The molecule has 22 heavy (non-hydrogen) atoms. The zero-order valence-corrected chi connectivity index (χ0v) is 12.2. The molecule has 3 N–H and O–H groups in total. The van der Waals surface area contributed by atoms with Gasteiger partial charge in [-0.1, -0.05) is 30.3 Å². The van der Waals surface area contributed by atoms with Crippen molar-refractivity contribution in [1.29, 1.82) is 0 Å². The van der Waals surface area contributed by atoms with Gasteiger partial charge in [-0.25, -0.2) is 9.59 Å². The van der Waals surface area contributed by atoms with Gasteiger partial charge in [-0.3, -0.25) is 9.74 Å². The van der Waals surface area contributed by atoms with Crippen molar-refractivity contribution in [3.63, 3.8) is 0 Å². The molecule has 0 aliphatic carbocycles. The molecule has 1 amide bonds. The molecule has 1 aromatic carbocycles. The molecule has 1 heterocycles. The Bertz CT molecular complexity index is 603. The molecule has 0 saturated heterocycles. The van der Waals surface area contributed by atoms with Gasteiger partial charge in [-0.15, -0.1) is 6.58 Å². The predicted molar refractivity (Wildman–Crippen MR) is 78.2 cm³/mol. The maximum Gasteiger partial charge on any atom is 0.408 e. The van der Waals surface area contributed by atoms with E-state index in [9.17, 15) is 19.8 Å². The lowest BCUT2D eigenvalue weighted by Gasteiger charge is -2.44. The highest BCUT2D eigenvalue weighted by Crippen LogP contribution is 2.39. The van der Waals surface area contributed by atoms with Crippen LogP contribution in [-0.4, -0.2) is 40.3 Å². The fraction of sp³-hybridized carbons (Fsp3) is 0.333. The summed E-state index contributed by atoms with van der Waals surface area (Å²) in [5, 5.41) is 19.0. The van der Waals surface area contributed by atoms with Gasteiger partial charge in [0.15, 0.2) is 5.54 Å². The highest BCUT2D eigenvalue weighted by Gasteiger charge is 2.50. The monoisotopic (exact) mass is 306 g/mol. The Hall–Kier alpha value is -2.38. The first-order chi connectivity index (χ1) is 10.4. The fourth-order valence-electron chi connectivity index (χ4n) is 2.66. The molecule has 0 aromatic heterocycles. The number of nitrogens with zero attached hydrogens (tertiary/aromatic N) is 1. The number of carboxylic acid groups (broad SMARTS) is 2. The van der Waals surface area contributed by atoms with Crippen LogP contribution in [-0.2, 0) is 15.2 Å². The number of hydrogen-bond acceptors (Lipinski definition) is 4. The van der Waals surface area contributed by atoms with Crippen LogP contribution in [0.5, 0.6) is 0 Å². The number of rotatable bonds is 5. The normalized spacial score (nSPS) is 23.7. The second-order valence-electron chi connectivity index (χ2n) is 5.13. The molecule has 0 fully saturated rings. The Morgan fingerprint density at radius 2 is 2.18 bits per heavy atom. The first-order valence-corrected chi connectivity index (χ1v) is 6.74. The maximum atomic E-state index is 11.8. The van der Waals surface area contributed by atoms with E-state index in [-0.39, 0.29) is 13.2 Å². The smallest absolute Gasteiger partial charge is 0.408 e. The molecule has 1 aliphatic rings. The minimum Gasteiger partial charge on any atom is -0.479 e. The van der Waals surface area contributed by atoms with Gasteiger partial charge in [0.2, 0.25) is 0 Å². The quantitative estimate of drug-likeness (QED) is 0.435. The van der Waals surface area contributed by atoms with Crippen LogP contribution in [0.25, 0.3) is 0 Å². The van der Waals surface area contributed by atoms with Crippen molar-refractivity contribution in [2.75, 3.05) is 13.2 Å². The zero-order valence-electron chi connectivity index (χ0n) is 12.2. The molecular weight excluding hydrogens is 288 g/mol. The van der Waals surface area contributed by atoms with Gasteiger partial charge in [-0.2, -0.15) is 5.48 Å². The number of carboxylic acids is 1. The van der Waals surface area contributed by atoms with E-state index in [1.807, 2.05) is 0 Å². The molecule has 118 valence electrons. The summed E-state index contributed by atoms with van der Waals surface area (Å²) in [7, 11) is 0. The molecule has 0 radical (unpaired) electrons. The third-order valence-corrected chi connectivity index (χ3v) is 3.84. The van der Waals surface area contributed by atoms with E-state index in [1.165, 1.54) is 6.92 Å². The number of fused-ring (bicyclic) bond motifs is 1. The SMILES string of the molecule is C=CCONC1CN(C(=O)O)C(C)(C(=O)O)c2ccccc21. The number of benzene rings is 1. The summed E-state index contributed by atoms with van der Waals surface area (Å²) in [5.74, 6) is -1.21. The predicted octanol–water partition coefficient (Wildman–Crippen LogP) is 1.73. The number of hydrogen-bond donors (Lipinski definition) is 3. The van der Waals surface area contributed by atoms with Crippen molar-refractivity contribution >= 4 is 12.1 Å². The number of aliphatic carboxylic acids is 1. The van der Waals surface area contributed by atoms with Crippen LogP contribution in [0.2, 0.25) is 0 Å². The van der Waals surface area contributed by atoms with Crippen molar-refractivity contribution in [3.8, 4) is 0 Å². The van der Waals surface area contributed by atoms with Crippen molar-refractivity contribution in [3.05, 3.63) is 48.0 Å². The number of hydroxylamine groups is 1. The molecular formula is C15H18N2O5. The lowest BCUT2D eigenvalue weighted by molar-refractivity contribution is -0.151. The fourth-order valence-corrected chi connectivity index (χ4v) is 2.66. The third kappa shape index (κ3) is 2.56. The van der Waals surface area contributed by atoms with Crippen LogP contribution in [0.3, 0.4) is 0 Å². The molecule has 1 aromatic rings. The lowest BCUT2D eigenvalue weighted by Crippen LogP contribution is -2.58. The molecule has 1 aliphatic heterocycles. The highest BCUT2D eigenvalue weighted by atomic mass is 16.6. The average Bonchev–Trinajstić information content (AvgIpc) is 2.49. The first-order valence-electron chi connectivity index (χ1n) is 6.74. The van der Waals surface area contributed by atoms with Gasteiger partial charge in [0.1, 0.15) is 0 Å². The van der Waals surface area contributed by atoms with E-state index in [0.717, 1.165) is 4.90 Å². The Morgan fingerprint density at radius 1 is 1.50 bits per heavy atom. The van der Waals surface area contributed by atoms with E-state index in [0.29, 0.717) is 11.1 Å². The topological polar surface area (TPSA) is 99.1 Å².